The van der Waals surface area contributed by atoms with Gasteiger partial charge in [0, 0.05) is 19.5 Å². The van der Waals surface area contributed by atoms with Crippen LogP contribution in [0, 0.1) is 0 Å². The largest absolute Gasteiger partial charge is 0.343 e. The van der Waals surface area contributed by atoms with Gasteiger partial charge in [-0.1, -0.05) is 36.6 Å². The molecule has 1 aromatic carbocycles. The minimum Gasteiger partial charge on any atom is -0.343 e. The first-order valence-corrected chi connectivity index (χ1v) is 8.25. The number of rotatable bonds is 4. The summed E-state index contributed by atoms with van der Waals surface area (Å²) in [5.41, 5.74) is 0.392. The maximum atomic E-state index is 12.4. The van der Waals surface area contributed by atoms with Crippen LogP contribution in [0.4, 0.5) is 0 Å². The van der Waals surface area contributed by atoms with Crippen LogP contribution in [0.5, 0.6) is 0 Å². The van der Waals surface area contributed by atoms with E-state index < -0.39 is 0 Å². The van der Waals surface area contributed by atoms with Crippen LogP contribution < -0.4 is 5.56 Å². The van der Waals surface area contributed by atoms with Crippen LogP contribution in [0.2, 0.25) is 0 Å². The molecule has 0 N–H and O–H groups in total. The molecule has 23 heavy (non-hydrogen) atoms. The van der Waals surface area contributed by atoms with Crippen molar-refractivity contribution in [2.24, 2.45) is 0 Å². The Bertz CT molecular complexity index is 750. The van der Waals surface area contributed by atoms with Gasteiger partial charge in [0.1, 0.15) is 5.52 Å². The van der Waals surface area contributed by atoms with Gasteiger partial charge >= 0.3 is 0 Å². The molecule has 1 fully saturated rings. The Morgan fingerprint density at radius 1 is 1.26 bits per heavy atom. The van der Waals surface area contributed by atoms with Crippen molar-refractivity contribution in [2.45, 2.75) is 51.1 Å². The second kappa shape index (κ2) is 6.89. The van der Waals surface area contributed by atoms with Crippen LogP contribution in [0.1, 0.15) is 38.5 Å². The predicted octanol–water partition coefficient (Wildman–Crippen LogP) is 1.97. The lowest BCUT2D eigenvalue weighted by molar-refractivity contribution is -0.132. The molecule has 0 spiro atoms. The van der Waals surface area contributed by atoms with E-state index in [0.717, 1.165) is 12.8 Å². The van der Waals surface area contributed by atoms with E-state index in [0.29, 0.717) is 16.9 Å². The Morgan fingerprint density at radius 2 is 2.00 bits per heavy atom. The first kappa shape index (κ1) is 15.6. The zero-order valence-electron chi connectivity index (χ0n) is 13.4. The molecule has 0 bridgehead atoms. The Kier molecular flexibility index (Phi) is 4.69. The van der Waals surface area contributed by atoms with Crippen molar-refractivity contribution >= 4 is 16.8 Å². The Labute approximate surface area is 135 Å². The number of nitrogens with zero attached hydrogens (tertiary/aromatic N) is 4. The van der Waals surface area contributed by atoms with Crippen molar-refractivity contribution in [3.05, 3.63) is 34.6 Å². The highest BCUT2D eigenvalue weighted by Gasteiger charge is 2.22. The van der Waals surface area contributed by atoms with Crippen LogP contribution in [-0.2, 0) is 11.3 Å². The van der Waals surface area contributed by atoms with Gasteiger partial charge in [0.05, 0.1) is 11.9 Å². The van der Waals surface area contributed by atoms with Crippen LogP contribution in [0.15, 0.2) is 29.1 Å². The van der Waals surface area contributed by atoms with Gasteiger partial charge in [-0.25, -0.2) is 4.68 Å². The van der Waals surface area contributed by atoms with Crippen molar-refractivity contribution in [1.82, 2.24) is 19.9 Å². The normalized spacial score (nSPS) is 15.7. The third-order valence-electron chi connectivity index (χ3n) is 4.68. The summed E-state index contributed by atoms with van der Waals surface area (Å²) in [5.74, 6) is 0.0683. The molecule has 0 atom stereocenters. The smallest absolute Gasteiger partial charge is 0.277 e. The maximum Gasteiger partial charge on any atom is 0.277 e. The second-order valence-electron chi connectivity index (χ2n) is 6.18. The molecule has 1 amide bonds. The fraction of sp³-hybridized carbons (Fsp3) is 0.529. The van der Waals surface area contributed by atoms with Crippen molar-refractivity contribution < 1.29 is 4.79 Å². The van der Waals surface area contributed by atoms with E-state index in [4.69, 9.17) is 0 Å². The molecule has 1 aliphatic rings. The first-order valence-electron chi connectivity index (χ1n) is 8.25. The summed E-state index contributed by atoms with van der Waals surface area (Å²) in [5, 5.41) is 8.51. The Hall–Kier alpha value is -2.24. The number of benzene rings is 1. The predicted molar refractivity (Wildman–Crippen MR) is 88.1 cm³/mol. The number of amides is 1. The number of fused-ring (bicyclic) bond motifs is 1. The fourth-order valence-electron chi connectivity index (χ4n) is 3.22. The third-order valence-corrected chi connectivity index (χ3v) is 4.68. The number of aromatic nitrogens is 3. The standard InChI is InChI=1S/C17H22N4O2/c1-20(13-7-3-2-4-8-13)16(22)11-12-21-17(23)14-9-5-6-10-15(14)18-19-21/h5-6,9-10,13H,2-4,7-8,11-12H2,1H3. The topological polar surface area (TPSA) is 68.1 Å². The molecule has 1 aromatic heterocycles. The molecule has 1 saturated carbocycles. The van der Waals surface area contributed by atoms with E-state index in [1.165, 1.54) is 23.9 Å². The molecule has 1 aliphatic carbocycles. The van der Waals surface area contributed by atoms with Crippen molar-refractivity contribution in [3.63, 3.8) is 0 Å². The van der Waals surface area contributed by atoms with Crippen molar-refractivity contribution in [3.8, 4) is 0 Å². The average molecular weight is 314 g/mol. The summed E-state index contributed by atoms with van der Waals surface area (Å²) >= 11 is 0. The van der Waals surface area contributed by atoms with Gasteiger partial charge in [0.25, 0.3) is 5.56 Å². The van der Waals surface area contributed by atoms with Gasteiger partial charge in [0.2, 0.25) is 5.91 Å². The van der Waals surface area contributed by atoms with Crippen molar-refractivity contribution in [2.75, 3.05) is 7.05 Å². The molecule has 6 heteroatoms. The molecule has 1 heterocycles. The maximum absolute atomic E-state index is 12.4. The minimum absolute atomic E-state index is 0.0683. The van der Waals surface area contributed by atoms with Crippen molar-refractivity contribution in [1.29, 1.82) is 0 Å². The summed E-state index contributed by atoms with van der Waals surface area (Å²) in [6, 6.07) is 7.46. The highest BCUT2D eigenvalue weighted by Crippen LogP contribution is 2.22. The quantitative estimate of drug-likeness (QED) is 0.865. The zero-order chi connectivity index (χ0) is 16.2. The molecule has 6 nitrogen and oxygen atoms in total. The molecular weight excluding hydrogens is 292 g/mol. The highest BCUT2D eigenvalue weighted by molar-refractivity contribution is 5.77. The summed E-state index contributed by atoms with van der Waals surface area (Å²) in [6.45, 7) is 0.270. The number of carbonyl (C=O) groups excluding carboxylic acids is 1. The van der Waals surface area contributed by atoms with Gasteiger partial charge in [-0.05, 0) is 25.0 Å². The molecule has 3 rings (SSSR count). The number of hydrogen-bond acceptors (Lipinski definition) is 4. The lowest BCUT2D eigenvalue weighted by Gasteiger charge is -2.31. The van der Waals surface area contributed by atoms with Crippen LogP contribution >= 0.6 is 0 Å². The fourth-order valence-corrected chi connectivity index (χ4v) is 3.22. The van der Waals surface area contributed by atoms with Crippen LogP contribution in [-0.4, -0.2) is 38.9 Å². The molecule has 0 aliphatic heterocycles. The van der Waals surface area contributed by atoms with E-state index in [1.807, 2.05) is 18.0 Å². The summed E-state index contributed by atoms with van der Waals surface area (Å²) in [4.78, 5) is 26.5. The molecule has 0 saturated heterocycles. The second-order valence-corrected chi connectivity index (χ2v) is 6.18. The lowest BCUT2D eigenvalue weighted by Crippen LogP contribution is -2.39. The first-order chi connectivity index (χ1) is 11.2. The summed E-state index contributed by atoms with van der Waals surface area (Å²) in [6.07, 6.45) is 6.09. The van der Waals surface area contributed by atoms with E-state index in [1.54, 1.807) is 18.2 Å². The molecule has 0 radical (unpaired) electrons. The van der Waals surface area contributed by atoms with Gasteiger partial charge in [-0.2, -0.15) is 0 Å². The lowest BCUT2D eigenvalue weighted by atomic mass is 9.94. The summed E-state index contributed by atoms with van der Waals surface area (Å²) in [7, 11) is 1.87. The third kappa shape index (κ3) is 3.41. The Morgan fingerprint density at radius 3 is 2.78 bits per heavy atom. The molecule has 2 aromatic rings. The van der Waals surface area contributed by atoms with Gasteiger partial charge < -0.3 is 4.90 Å². The number of carbonyl (C=O) groups is 1. The van der Waals surface area contributed by atoms with Crippen LogP contribution in [0.25, 0.3) is 10.9 Å². The van der Waals surface area contributed by atoms with Gasteiger partial charge in [-0.15, -0.1) is 5.10 Å². The number of hydrogen-bond donors (Lipinski definition) is 0. The van der Waals surface area contributed by atoms with E-state index in [-0.39, 0.29) is 24.4 Å². The molecule has 122 valence electrons. The van der Waals surface area contributed by atoms with Gasteiger partial charge in [-0.3, -0.25) is 9.59 Å². The van der Waals surface area contributed by atoms with Crippen LogP contribution in [0.3, 0.4) is 0 Å². The highest BCUT2D eigenvalue weighted by atomic mass is 16.2. The molecule has 0 unspecified atom stereocenters. The summed E-state index contributed by atoms with van der Waals surface area (Å²) < 4.78 is 1.29. The van der Waals surface area contributed by atoms with E-state index in [9.17, 15) is 9.59 Å². The Balaban J connectivity index is 1.67. The van der Waals surface area contributed by atoms with Gasteiger partial charge in [0.15, 0.2) is 0 Å². The zero-order valence-corrected chi connectivity index (χ0v) is 13.4. The SMILES string of the molecule is CN(C(=O)CCn1nnc2ccccc2c1=O)C1CCCCC1. The molecular formula is C17H22N4O2. The monoisotopic (exact) mass is 314 g/mol. The number of aryl methyl sites for hydroxylation is 1. The van der Waals surface area contributed by atoms with E-state index >= 15 is 0 Å². The average Bonchev–Trinajstić information content (AvgIpc) is 2.61. The van der Waals surface area contributed by atoms with E-state index in [2.05, 4.69) is 10.3 Å². The minimum atomic E-state index is -0.191.